The molecule has 0 aliphatic carbocycles. The van der Waals surface area contributed by atoms with Crippen LogP contribution in [0.1, 0.15) is 33.6 Å². The molecule has 1 N–H and O–H groups in total. The van der Waals surface area contributed by atoms with Gasteiger partial charge >= 0.3 is 0 Å². The Morgan fingerprint density at radius 1 is 1.03 bits per heavy atom. The number of hydrogen-bond acceptors (Lipinski definition) is 6. The minimum atomic E-state index is -1.34. The van der Waals surface area contributed by atoms with E-state index in [0.29, 0.717) is 30.9 Å². The number of carbonyl (C=O) groups excluding carboxylic acids is 3. The van der Waals surface area contributed by atoms with Gasteiger partial charge in [0.05, 0.1) is 37.2 Å². The highest BCUT2D eigenvalue weighted by Gasteiger charge is 2.75. The summed E-state index contributed by atoms with van der Waals surface area (Å²) >= 11 is 0. The molecule has 1 aromatic rings. The van der Waals surface area contributed by atoms with Gasteiger partial charge in [-0.3, -0.25) is 14.4 Å². The van der Waals surface area contributed by atoms with Crippen LogP contribution in [0.5, 0.6) is 5.75 Å². The quantitative estimate of drug-likeness (QED) is 0.550. The van der Waals surface area contributed by atoms with Crippen LogP contribution in [0, 0.1) is 11.8 Å². The fourth-order valence-electron chi connectivity index (χ4n) is 6.78. The van der Waals surface area contributed by atoms with Gasteiger partial charge in [0, 0.05) is 25.3 Å². The highest BCUT2D eigenvalue weighted by atomic mass is 16.5. The number of nitrogens with zero attached hydrogens (tertiary/aromatic N) is 3. The van der Waals surface area contributed by atoms with Crippen LogP contribution >= 0.6 is 0 Å². The summed E-state index contributed by atoms with van der Waals surface area (Å²) in [5, 5.41) is 10.1. The van der Waals surface area contributed by atoms with E-state index in [9.17, 15) is 19.5 Å². The Bertz CT molecular complexity index is 1170. The van der Waals surface area contributed by atoms with Crippen LogP contribution in [-0.4, -0.2) is 89.3 Å². The molecular weight excluding hydrogens is 486 g/mol. The van der Waals surface area contributed by atoms with Gasteiger partial charge in [-0.25, -0.2) is 0 Å². The summed E-state index contributed by atoms with van der Waals surface area (Å²) in [6, 6.07) is 5.51. The molecule has 204 valence electrons. The third-order valence-electron chi connectivity index (χ3n) is 8.58. The van der Waals surface area contributed by atoms with Crippen molar-refractivity contribution >= 4 is 23.4 Å². The molecule has 9 nitrogen and oxygen atoms in total. The van der Waals surface area contributed by atoms with Gasteiger partial charge in [0.25, 0.3) is 5.91 Å². The molecule has 2 fully saturated rings. The van der Waals surface area contributed by atoms with Gasteiger partial charge in [-0.2, -0.15) is 0 Å². The number of methoxy groups -OCH3 is 1. The number of fused-ring (bicyclic) bond motifs is 2. The molecule has 6 atom stereocenters. The van der Waals surface area contributed by atoms with Crippen molar-refractivity contribution < 1.29 is 29.0 Å². The van der Waals surface area contributed by atoms with E-state index in [4.69, 9.17) is 9.47 Å². The molecule has 1 unspecified atom stereocenters. The number of likely N-dealkylation sites (tertiary alicyclic amines) is 1. The van der Waals surface area contributed by atoms with E-state index in [-0.39, 0.29) is 30.9 Å². The molecule has 0 radical (unpaired) electrons. The van der Waals surface area contributed by atoms with Crippen molar-refractivity contribution in [3.8, 4) is 5.75 Å². The van der Waals surface area contributed by atoms with Gasteiger partial charge in [-0.05, 0) is 44.0 Å². The monoisotopic (exact) mass is 523 g/mol. The zero-order chi connectivity index (χ0) is 27.2. The van der Waals surface area contributed by atoms with E-state index < -0.39 is 35.1 Å². The number of amides is 3. The van der Waals surface area contributed by atoms with Crippen molar-refractivity contribution in [3.63, 3.8) is 0 Å². The molecule has 4 aliphatic heterocycles. The summed E-state index contributed by atoms with van der Waals surface area (Å²) < 4.78 is 12.2. The molecule has 2 saturated heterocycles. The summed E-state index contributed by atoms with van der Waals surface area (Å²) in [5.74, 6) is -1.74. The lowest BCUT2D eigenvalue weighted by Crippen LogP contribution is -2.58. The van der Waals surface area contributed by atoms with E-state index >= 15 is 0 Å². The molecule has 4 aliphatic rings. The molecule has 1 spiro atoms. The highest BCUT2D eigenvalue weighted by Crippen LogP contribution is 2.59. The molecular formula is C29H37N3O6. The average Bonchev–Trinajstić information content (AvgIpc) is 3.23. The normalized spacial score (nSPS) is 33.1. The third kappa shape index (κ3) is 3.70. The Morgan fingerprint density at radius 2 is 1.74 bits per heavy atom. The van der Waals surface area contributed by atoms with Crippen molar-refractivity contribution in [2.75, 3.05) is 38.3 Å². The Kier molecular flexibility index (Phi) is 6.86. The third-order valence-corrected chi connectivity index (χ3v) is 8.58. The molecule has 0 aromatic heterocycles. The maximum absolute atomic E-state index is 14.4. The fourth-order valence-corrected chi connectivity index (χ4v) is 6.78. The molecule has 4 heterocycles. The maximum atomic E-state index is 14.4. The van der Waals surface area contributed by atoms with E-state index in [1.165, 1.54) is 4.90 Å². The lowest BCUT2D eigenvalue weighted by atomic mass is 9.73. The van der Waals surface area contributed by atoms with Gasteiger partial charge in [0.1, 0.15) is 17.4 Å². The highest BCUT2D eigenvalue weighted by molar-refractivity contribution is 6.06. The van der Waals surface area contributed by atoms with Gasteiger partial charge in [0.2, 0.25) is 11.8 Å². The zero-order valence-corrected chi connectivity index (χ0v) is 22.5. The Balaban J connectivity index is 1.65. The van der Waals surface area contributed by atoms with Crippen LogP contribution in [0.3, 0.4) is 0 Å². The van der Waals surface area contributed by atoms with E-state index in [2.05, 4.69) is 0 Å². The second kappa shape index (κ2) is 9.85. The maximum Gasteiger partial charge on any atom is 0.253 e. The lowest BCUT2D eigenvalue weighted by molar-refractivity contribution is -0.152. The number of carbonyl (C=O) groups is 3. The molecule has 38 heavy (non-hydrogen) atoms. The number of ether oxygens (including phenoxy) is 2. The van der Waals surface area contributed by atoms with Crippen LogP contribution in [0.4, 0.5) is 5.69 Å². The number of benzene rings is 1. The van der Waals surface area contributed by atoms with E-state index in [1.807, 2.05) is 38.2 Å². The van der Waals surface area contributed by atoms with Gasteiger partial charge in [0.15, 0.2) is 0 Å². The van der Waals surface area contributed by atoms with Crippen LogP contribution in [0.15, 0.2) is 48.6 Å². The lowest BCUT2D eigenvalue weighted by Gasteiger charge is -2.40. The van der Waals surface area contributed by atoms with Crippen molar-refractivity contribution in [1.29, 1.82) is 0 Å². The minimum Gasteiger partial charge on any atom is -0.497 e. The number of aliphatic hydroxyl groups excluding tert-OH is 1. The van der Waals surface area contributed by atoms with Crippen LogP contribution in [-0.2, 0) is 19.1 Å². The predicted octanol–water partition coefficient (Wildman–Crippen LogP) is 2.15. The summed E-state index contributed by atoms with van der Waals surface area (Å²) in [6.45, 7) is 6.70. The molecule has 1 aromatic carbocycles. The fraction of sp³-hybridized carbons (Fsp3) is 0.552. The summed E-state index contributed by atoms with van der Waals surface area (Å²) in [4.78, 5) is 47.6. The van der Waals surface area contributed by atoms with Gasteiger partial charge < -0.3 is 29.3 Å². The molecule has 3 amide bonds. The first kappa shape index (κ1) is 26.4. The molecule has 5 rings (SSSR count). The first-order valence-electron chi connectivity index (χ1n) is 13.5. The van der Waals surface area contributed by atoms with Gasteiger partial charge in [-0.15, -0.1) is 0 Å². The second-order valence-electron chi connectivity index (χ2n) is 10.6. The van der Waals surface area contributed by atoms with E-state index in [1.54, 1.807) is 48.1 Å². The topological polar surface area (TPSA) is 99.6 Å². The summed E-state index contributed by atoms with van der Waals surface area (Å²) in [7, 11) is 1.58. The van der Waals surface area contributed by atoms with Crippen LogP contribution < -0.4 is 9.64 Å². The number of hydrogen-bond donors (Lipinski definition) is 1. The molecule has 0 bridgehead atoms. The summed E-state index contributed by atoms with van der Waals surface area (Å²) in [5.41, 5.74) is -1.69. The number of aliphatic hydroxyl groups is 1. The number of rotatable bonds is 7. The second-order valence-corrected chi connectivity index (χ2v) is 10.6. The Morgan fingerprint density at radius 3 is 2.37 bits per heavy atom. The summed E-state index contributed by atoms with van der Waals surface area (Å²) in [6.07, 6.45) is 8.87. The predicted molar refractivity (Wildman–Crippen MR) is 141 cm³/mol. The van der Waals surface area contributed by atoms with Crippen molar-refractivity contribution in [3.05, 3.63) is 48.6 Å². The smallest absolute Gasteiger partial charge is 0.253 e. The van der Waals surface area contributed by atoms with Crippen molar-refractivity contribution in [1.82, 2.24) is 9.80 Å². The minimum absolute atomic E-state index is 0.122. The average molecular weight is 524 g/mol. The first-order valence-corrected chi connectivity index (χ1v) is 13.5. The van der Waals surface area contributed by atoms with E-state index in [0.717, 1.165) is 6.42 Å². The Hall–Kier alpha value is -3.17. The number of anilines is 1. The first-order chi connectivity index (χ1) is 18.3. The molecule has 0 saturated carbocycles. The largest absolute Gasteiger partial charge is 0.497 e. The van der Waals surface area contributed by atoms with Crippen molar-refractivity contribution in [2.24, 2.45) is 11.8 Å². The van der Waals surface area contributed by atoms with Crippen LogP contribution in [0.25, 0.3) is 0 Å². The van der Waals surface area contributed by atoms with Crippen molar-refractivity contribution in [2.45, 2.75) is 56.9 Å². The van der Waals surface area contributed by atoms with Crippen LogP contribution in [0.2, 0.25) is 0 Å². The zero-order valence-electron chi connectivity index (χ0n) is 22.5. The standard InChI is InChI=1S/C29H37N3O6/c1-5-15-30-16-7-13-28(6-2)22(25(30)34)23-26(35)32(19(3)18-33)24-27(36)31(17-8-14-29(23,24)38-28)20-9-11-21(37-4)12-10-20/h7-14,19,22-24,33H,5-6,15-18H2,1-4H3/t19-,22-,23+,24?,28+,29+/m1/s1. The SMILES string of the molecule is CCCN1CC=C[C@]2(CC)O[C@]34C=CCN(c5ccc(OC)cc5)C(=O)C3N([C@H](C)CO)C(=O)[C@@H]4[C@@H]2C1=O. The van der Waals surface area contributed by atoms with Gasteiger partial charge in [-0.1, -0.05) is 38.2 Å². The Labute approximate surface area is 223 Å². The molecule has 9 heteroatoms.